The molecule has 0 aliphatic heterocycles. The highest BCUT2D eigenvalue weighted by molar-refractivity contribution is 7.99. The molecular formula is C18H19N5OS2. The largest absolute Gasteiger partial charge is 0.344 e. The number of nitrogens with one attached hydrogen (secondary N) is 1. The lowest BCUT2D eigenvalue weighted by atomic mass is 10.0. The summed E-state index contributed by atoms with van der Waals surface area (Å²) >= 11 is 3.03. The van der Waals surface area contributed by atoms with E-state index in [1.807, 2.05) is 16.1 Å². The Kier molecular flexibility index (Phi) is 5.03. The molecule has 1 unspecified atom stereocenters. The number of rotatable bonds is 7. The second-order valence-electron chi connectivity index (χ2n) is 6.35. The highest BCUT2D eigenvalue weighted by Gasteiger charge is 2.28. The number of carbonyl (C=O) groups is 1. The first-order valence-corrected chi connectivity index (χ1v) is 10.4. The summed E-state index contributed by atoms with van der Waals surface area (Å²) < 4.78 is 1.83. The average molecular weight is 386 g/mol. The summed E-state index contributed by atoms with van der Waals surface area (Å²) in [6.07, 6.45) is 2.22. The zero-order valence-electron chi connectivity index (χ0n) is 14.3. The average Bonchev–Trinajstić information content (AvgIpc) is 3.15. The van der Waals surface area contributed by atoms with Crippen molar-refractivity contribution in [3.05, 3.63) is 57.8 Å². The highest BCUT2D eigenvalue weighted by Crippen LogP contribution is 2.36. The van der Waals surface area contributed by atoms with Crippen LogP contribution >= 0.6 is 23.1 Å². The summed E-state index contributed by atoms with van der Waals surface area (Å²) in [6.45, 7) is 2.06. The van der Waals surface area contributed by atoms with E-state index < -0.39 is 0 Å². The van der Waals surface area contributed by atoms with Crippen molar-refractivity contribution < 1.29 is 4.79 Å². The van der Waals surface area contributed by atoms with E-state index in [0.717, 1.165) is 23.3 Å². The van der Waals surface area contributed by atoms with Crippen molar-refractivity contribution in [2.24, 2.45) is 0 Å². The van der Waals surface area contributed by atoms with Gasteiger partial charge in [0, 0.05) is 4.88 Å². The first kappa shape index (κ1) is 17.2. The molecule has 1 saturated carbocycles. The SMILES string of the molecule is Cc1ccc(C(NC(=O)CSc2nnnn2C2CC2)c2cccs2)cc1. The van der Waals surface area contributed by atoms with Crippen LogP contribution in [-0.4, -0.2) is 31.9 Å². The summed E-state index contributed by atoms with van der Waals surface area (Å²) in [6, 6.07) is 12.6. The maximum atomic E-state index is 12.6. The first-order chi connectivity index (χ1) is 12.7. The van der Waals surface area contributed by atoms with Crippen LogP contribution in [0.5, 0.6) is 0 Å². The smallest absolute Gasteiger partial charge is 0.231 e. The number of hydrogen-bond donors (Lipinski definition) is 1. The van der Waals surface area contributed by atoms with E-state index >= 15 is 0 Å². The van der Waals surface area contributed by atoms with E-state index in [-0.39, 0.29) is 11.9 Å². The molecule has 4 rings (SSSR count). The van der Waals surface area contributed by atoms with Gasteiger partial charge in [-0.25, -0.2) is 4.68 Å². The van der Waals surface area contributed by atoms with Crippen LogP contribution < -0.4 is 5.32 Å². The first-order valence-electron chi connectivity index (χ1n) is 8.50. The third-order valence-corrected chi connectivity index (χ3v) is 6.10. The van der Waals surface area contributed by atoms with Crippen molar-refractivity contribution in [2.75, 3.05) is 5.75 Å². The summed E-state index contributed by atoms with van der Waals surface area (Å²) in [5.74, 6) is 0.264. The van der Waals surface area contributed by atoms with Gasteiger partial charge in [-0.2, -0.15) is 0 Å². The topological polar surface area (TPSA) is 72.7 Å². The van der Waals surface area contributed by atoms with E-state index in [4.69, 9.17) is 0 Å². The van der Waals surface area contributed by atoms with Crippen molar-refractivity contribution in [3.8, 4) is 0 Å². The zero-order valence-corrected chi connectivity index (χ0v) is 16.0. The van der Waals surface area contributed by atoms with E-state index in [1.54, 1.807) is 11.3 Å². The van der Waals surface area contributed by atoms with Gasteiger partial charge in [-0.1, -0.05) is 47.7 Å². The lowest BCUT2D eigenvalue weighted by molar-refractivity contribution is -0.119. The number of aromatic nitrogens is 4. The summed E-state index contributed by atoms with van der Waals surface area (Å²) in [5, 5.41) is 17.7. The number of benzene rings is 1. The second-order valence-corrected chi connectivity index (χ2v) is 8.27. The van der Waals surface area contributed by atoms with Crippen molar-refractivity contribution >= 4 is 29.0 Å². The molecule has 1 aliphatic carbocycles. The number of amides is 1. The summed E-state index contributed by atoms with van der Waals surface area (Å²) in [5.41, 5.74) is 2.28. The van der Waals surface area contributed by atoms with Crippen molar-refractivity contribution in [1.29, 1.82) is 0 Å². The number of tetrazole rings is 1. The van der Waals surface area contributed by atoms with Crippen LogP contribution in [0.15, 0.2) is 46.9 Å². The summed E-state index contributed by atoms with van der Waals surface area (Å²) in [4.78, 5) is 13.7. The number of thiophene rings is 1. The van der Waals surface area contributed by atoms with E-state index in [9.17, 15) is 4.79 Å². The standard InChI is InChI=1S/C18H19N5OS2/c1-12-4-6-13(7-5-12)17(15-3-2-10-25-15)19-16(24)11-26-18-20-21-22-23(18)14-8-9-14/h2-7,10,14,17H,8-9,11H2,1H3,(H,19,24). The molecule has 0 radical (unpaired) electrons. The van der Waals surface area contributed by atoms with Crippen LogP contribution in [-0.2, 0) is 4.79 Å². The number of nitrogens with zero attached hydrogens (tertiary/aromatic N) is 4. The minimum atomic E-state index is -0.136. The Bertz CT molecular complexity index is 871. The Hall–Kier alpha value is -2.19. The van der Waals surface area contributed by atoms with Gasteiger partial charge < -0.3 is 5.32 Å². The third kappa shape index (κ3) is 3.96. The van der Waals surface area contributed by atoms with Crippen LogP contribution in [0.25, 0.3) is 0 Å². The zero-order chi connectivity index (χ0) is 17.9. The molecule has 1 N–H and O–H groups in total. The highest BCUT2D eigenvalue weighted by atomic mass is 32.2. The number of thioether (sulfide) groups is 1. The Morgan fingerprint density at radius 1 is 1.35 bits per heavy atom. The molecule has 3 aromatic rings. The lowest BCUT2D eigenvalue weighted by Gasteiger charge is -2.18. The van der Waals surface area contributed by atoms with Crippen LogP contribution in [0.1, 0.15) is 40.9 Å². The maximum absolute atomic E-state index is 12.6. The fraction of sp³-hybridized carbons (Fsp3) is 0.333. The summed E-state index contributed by atoms with van der Waals surface area (Å²) in [7, 11) is 0. The molecule has 1 aliphatic rings. The molecule has 1 aromatic carbocycles. The number of aryl methyl sites for hydroxylation is 1. The number of hydrogen-bond acceptors (Lipinski definition) is 6. The van der Waals surface area contributed by atoms with Gasteiger partial charge in [-0.3, -0.25) is 4.79 Å². The van der Waals surface area contributed by atoms with Gasteiger partial charge in [0.25, 0.3) is 0 Å². The maximum Gasteiger partial charge on any atom is 0.231 e. The molecule has 26 heavy (non-hydrogen) atoms. The molecule has 0 bridgehead atoms. The van der Waals surface area contributed by atoms with Crippen molar-refractivity contribution in [2.45, 2.75) is 37.0 Å². The van der Waals surface area contributed by atoms with E-state index in [2.05, 4.69) is 58.1 Å². The van der Waals surface area contributed by atoms with Gasteiger partial charge in [0.05, 0.1) is 17.8 Å². The Morgan fingerprint density at radius 3 is 2.85 bits per heavy atom. The molecule has 134 valence electrons. The third-order valence-electron chi connectivity index (χ3n) is 4.23. The van der Waals surface area contributed by atoms with Crippen molar-refractivity contribution in [1.82, 2.24) is 25.5 Å². The molecule has 2 aromatic heterocycles. The number of carbonyl (C=O) groups excluding carboxylic acids is 1. The fourth-order valence-electron chi connectivity index (χ4n) is 2.69. The van der Waals surface area contributed by atoms with Crippen LogP contribution in [0, 0.1) is 6.92 Å². The molecule has 1 amide bonds. The van der Waals surface area contributed by atoms with Gasteiger partial charge in [0.1, 0.15) is 0 Å². The van der Waals surface area contributed by atoms with Crippen LogP contribution in [0.3, 0.4) is 0 Å². The van der Waals surface area contributed by atoms with Gasteiger partial charge in [-0.15, -0.1) is 16.4 Å². The van der Waals surface area contributed by atoms with Gasteiger partial charge in [0.15, 0.2) is 0 Å². The Morgan fingerprint density at radius 2 is 2.15 bits per heavy atom. The Balaban J connectivity index is 1.44. The Labute approximate surface area is 160 Å². The molecule has 0 spiro atoms. The monoisotopic (exact) mass is 385 g/mol. The molecular weight excluding hydrogens is 366 g/mol. The molecule has 1 atom stereocenters. The minimum Gasteiger partial charge on any atom is -0.344 e. The van der Waals surface area contributed by atoms with Gasteiger partial charge in [-0.05, 0) is 47.2 Å². The van der Waals surface area contributed by atoms with Crippen LogP contribution in [0.2, 0.25) is 0 Å². The second kappa shape index (κ2) is 7.59. The molecule has 1 fully saturated rings. The minimum absolute atomic E-state index is 0.0284. The van der Waals surface area contributed by atoms with E-state index in [0.29, 0.717) is 17.0 Å². The van der Waals surface area contributed by atoms with E-state index in [1.165, 1.54) is 17.3 Å². The fourth-order valence-corrected chi connectivity index (χ4v) is 4.25. The normalized spacial score (nSPS) is 15.0. The quantitative estimate of drug-likeness (QED) is 0.631. The molecule has 0 saturated heterocycles. The lowest BCUT2D eigenvalue weighted by Crippen LogP contribution is -2.30. The molecule has 8 heteroatoms. The molecule has 6 nitrogen and oxygen atoms in total. The van der Waals surface area contributed by atoms with Gasteiger partial charge >= 0.3 is 0 Å². The van der Waals surface area contributed by atoms with Gasteiger partial charge in [0.2, 0.25) is 11.1 Å². The predicted molar refractivity (Wildman–Crippen MR) is 102 cm³/mol. The van der Waals surface area contributed by atoms with Crippen molar-refractivity contribution in [3.63, 3.8) is 0 Å². The van der Waals surface area contributed by atoms with Crippen LogP contribution in [0.4, 0.5) is 0 Å². The predicted octanol–water partition coefficient (Wildman–Crippen LogP) is 3.38. The molecule has 2 heterocycles.